The molecule has 0 saturated carbocycles. The minimum atomic E-state index is -0.242. The number of hydrogen-bond acceptors (Lipinski definition) is 5. The van der Waals surface area contributed by atoms with Crippen molar-refractivity contribution in [2.24, 2.45) is 0 Å². The molecule has 0 aliphatic heterocycles. The fourth-order valence-corrected chi connectivity index (χ4v) is 3.57. The Balaban J connectivity index is 1.86. The van der Waals surface area contributed by atoms with Gasteiger partial charge in [0.15, 0.2) is 5.13 Å². The largest absolute Gasteiger partial charge is 0.496 e. The summed E-state index contributed by atoms with van der Waals surface area (Å²) in [4.78, 5) is 18.2. The lowest BCUT2D eigenvalue weighted by Gasteiger charge is -2.07. The highest BCUT2D eigenvalue weighted by molar-refractivity contribution is 7.16. The third kappa shape index (κ3) is 3.55. The van der Waals surface area contributed by atoms with Crippen molar-refractivity contribution in [3.63, 3.8) is 0 Å². The van der Waals surface area contributed by atoms with Gasteiger partial charge in [-0.05, 0) is 49.7 Å². The van der Waals surface area contributed by atoms with Crippen molar-refractivity contribution in [2.75, 3.05) is 19.5 Å². The van der Waals surface area contributed by atoms with Gasteiger partial charge in [0.2, 0.25) is 0 Å². The zero-order chi connectivity index (χ0) is 18.7. The highest BCUT2D eigenvalue weighted by atomic mass is 32.1. The van der Waals surface area contributed by atoms with Crippen molar-refractivity contribution in [2.45, 2.75) is 13.8 Å². The molecule has 0 aliphatic carbocycles. The smallest absolute Gasteiger partial charge is 0.261 e. The van der Waals surface area contributed by atoms with Crippen LogP contribution in [0.15, 0.2) is 42.5 Å². The van der Waals surface area contributed by atoms with Crippen molar-refractivity contribution in [3.05, 3.63) is 58.5 Å². The molecule has 2 aromatic carbocycles. The summed E-state index contributed by atoms with van der Waals surface area (Å²) in [6.45, 7) is 3.99. The Bertz CT molecular complexity index is 950. The lowest BCUT2D eigenvalue weighted by Crippen LogP contribution is -2.12. The number of rotatable bonds is 5. The highest BCUT2D eigenvalue weighted by Crippen LogP contribution is 2.33. The summed E-state index contributed by atoms with van der Waals surface area (Å²) in [5.41, 5.74) is 3.37. The zero-order valence-corrected chi connectivity index (χ0v) is 15.9. The van der Waals surface area contributed by atoms with E-state index in [1.54, 1.807) is 32.4 Å². The molecule has 5 nitrogen and oxygen atoms in total. The molecular weight excluding hydrogens is 348 g/mol. The van der Waals surface area contributed by atoms with Gasteiger partial charge in [0.1, 0.15) is 11.5 Å². The van der Waals surface area contributed by atoms with Gasteiger partial charge in [-0.2, -0.15) is 0 Å². The van der Waals surface area contributed by atoms with Gasteiger partial charge in [-0.15, -0.1) is 11.3 Å². The molecule has 0 bridgehead atoms. The zero-order valence-electron chi connectivity index (χ0n) is 15.1. The minimum Gasteiger partial charge on any atom is -0.496 e. The predicted molar refractivity (Wildman–Crippen MR) is 105 cm³/mol. The fraction of sp³-hybridized carbons (Fsp3) is 0.200. The monoisotopic (exact) mass is 368 g/mol. The molecule has 6 heteroatoms. The standard InChI is InChI=1S/C20H20N2O3S/c1-12-11-14(9-10-16(12)24-3)18-13(2)26-20(21-18)22-19(23)15-7-5-6-8-17(15)25-4/h5-11H,1-4H3,(H,21,22,23). The average Bonchev–Trinajstić information content (AvgIpc) is 3.01. The fourth-order valence-electron chi connectivity index (χ4n) is 2.74. The Hall–Kier alpha value is -2.86. The van der Waals surface area contributed by atoms with Gasteiger partial charge in [-0.25, -0.2) is 4.98 Å². The van der Waals surface area contributed by atoms with Crippen LogP contribution in [0.5, 0.6) is 11.5 Å². The predicted octanol–water partition coefficient (Wildman–Crippen LogP) is 4.70. The number of para-hydroxylation sites is 1. The summed E-state index contributed by atoms with van der Waals surface area (Å²) in [6.07, 6.45) is 0. The van der Waals surface area contributed by atoms with Crippen molar-refractivity contribution in [1.29, 1.82) is 0 Å². The molecule has 0 spiro atoms. The van der Waals surface area contributed by atoms with Gasteiger partial charge in [-0.1, -0.05) is 12.1 Å². The van der Waals surface area contributed by atoms with Gasteiger partial charge in [0, 0.05) is 10.4 Å². The second-order valence-corrected chi connectivity index (χ2v) is 6.97. The van der Waals surface area contributed by atoms with Crippen LogP contribution in [0.3, 0.4) is 0 Å². The Morgan fingerprint density at radius 2 is 1.77 bits per heavy atom. The summed E-state index contributed by atoms with van der Waals surface area (Å²) >= 11 is 1.45. The van der Waals surface area contributed by atoms with Crippen LogP contribution in [0.1, 0.15) is 20.8 Å². The van der Waals surface area contributed by atoms with E-state index in [9.17, 15) is 4.79 Å². The molecule has 0 atom stereocenters. The Morgan fingerprint density at radius 1 is 1.04 bits per heavy atom. The lowest BCUT2D eigenvalue weighted by molar-refractivity contribution is 0.102. The van der Waals surface area contributed by atoms with E-state index in [1.165, 1.54) is 11.3 Å². The molecule has 1 N–H and O–H groups in total. The maximum atomic E-state index is 12.5. The van der Waals surface area contributed by atoms with Crippen molar-refractivity contribution in [3.8, 4) is 22.8 Å². The summed E-state index contributed by atoms with van der Waals surface area (Å²) < 4.78 is 10.6. The van der Waals surface area contributed by atoms with E-state index in [2.05, 4.69) is 10.3 Å². The van der Waals surface area contributed by atoms with E-state index in [-0.39, 0.29) is 5.91 Å². The second-order valence-electron chi connectivity index (χ2n) is 5.76. The van der Waals surface area contributed by atoms with E-state index in [0.29, 0.717) is 16.4 Å². The van der Waals surface area contributed by atoms with Crippen molar-refractivity contribution in [1.82, 2.24) is 4.98 Å². The molecule has 0 fully saturated rings. The quantitative estimate of drug-likeness (QED) is 0.709. The molecular formula is C20H20N2O3S. The number of anilines is 1. The maximum absolute atomic E-state index is 12.5. The van der Waals surface area contributed by atoms with Gasteiger partial charge in [0.05, 0.1) is 25.5 Å². The van der Waals surface area contributed by atoms with E-state index in [4.69, 9.17) is 9.47 Å². The minimum absolute atomic E-state index is 0.242. The van der Waals surface area contributed by atoms with Crippen LogP contribution in [0.25, 0.3) is 11.3 Å². The lowest BCUT2D eigenvalue weighted by atomic mass is 10.1. The number of benzene rings is 2. The molecule has 26 heavy (non-hydrogen) atoms. The number of amides is 1. The van der Waals surface area contributed by atoms with Crippen LogP contribution in [0.2, 0.25) is 0 Å². The van der Waals surface area contributed by atoms with Gasteiger partial charge >= 0.3 is 0 Å². The van der Waals surface area contributed by atoms with E-state index < -0.39 is 0 Å². The maximum Gasteiger partial charge on any atom is 0.261 e. The molecule has 0 saturated heterocycles. The molecule has 0 radical (unpaired) electrons. The summed E-state index contributed by atoms with van der Waals surface area (Å²) in [7, 11) is 3.20. The third-order valence-electron chi connectivity index (χ3n) is 4.04. The number of thiazole rings is 1. The average molecular weight is 368 g/mol. The van der Waals surface area contributed by atoms with Crippen molar-refractivity contribution >= 4 is 22.4 Å². The Kier molecular flexibility index (Phi) is 5.23. The first kappa shape index (κ1) is 17.9. The number of nitrogens with zero attached hydrogens (tertiary/aromatic N) is 1. The summed E-state index contributed by atoms with van der Waals surface area (Å²) in [6, 6.07) is 13.0. The molecule has 0 aliphatic rings. The Labute approximate surface area is 156 Å². The van der Waals surface area contributed by atoms with Gasteiger partial charge in [-0.3, -0.25) is 10.1 Å². The number of ether oxygens (including phenoxy) is 2. The van der Waals surface area contributed by atoms with E-state index in [1.807, 2.05) is 38.1 Å². The summed E-state index contributed by atoms with van der Waals surface area (Å²) in [5, 5.41) is 3.42. The third-order valence-corrected chi connectivity index (χ3v) is 4.92. The van der Waals surface area contributed by atoms with Gasteiger partial charge < -0.3 is 9.47 Å². The normalized spacial score (nSPS) is 10.5. The first-order valence-electron chi connectivity index (χ1n) is 8.10. The van der Waals surface area contributed by atoms with E-state index in [0.717, 1.165) is 27.4 Å². The molecule has 3 rings (SSSR count). The van der Waals surface area contributed by atoms with Crippen LogP contribution in [-0.4, -0.2) is 25.1 Å². The number of carbonyl (C=O) groups excluding carboxylic acids is 1. The van der Waals surface area contributed by atoms with Crippen LogP contribution < -0.4 is 14.8 Å². The van der Waals surface area contributed by atoms with Crippen LogP contribution in [-0.2, 0) is 0 Å². The van der Waals surface area contributed by atoms with Crippen LogP contribution >= 0.6 is 11.3 Å². The van der Waals surface area contributed by atoms with Crippen molar-refractivity contribution < 1.29 is 14.3 Å². The topological polar surface area (TPSA) is 60.5 Å². The van der Waals surface area contributed by atoms with Gasteiger partial charge in [0.25, 0.3) is 5.91 Å². The number of hydrogen-bond donors (Lipinski definition) is 1. The molecule has 3 aromatic rings. The molecule has 1 heterocycles. The number of nitrogens with one attached hydrogen (secondary N) is 1. The number of aryl methyl sites for hydroxylation is 2. The SMILES string of the molecule is COc1ccc(-c2nc(NC(=O)c3ccccc3OC)sc2C)cc1C. The summed E-state index contributed by atoms with van der Waals surface area (Å²) in [5.74, 6) is 1.13. The Morgan fingerprint density at radius 3 is 2.46 bits per heavy atom. The molecule has 1 aromatic heterocycles. The molecule has 134 valence electrons. The van der Waals surface area contributed by atoms with Crippen LogP contribution in [0, 0.1) is 13.8 Å². The number of methoxy groups -OCH3 is 2. The number of aromatic nitrogens is 1. The number of carbonyl (C=O) groups is 1. The van der Waals surface area contributed by atoms with Crippen LogP contribution in [0.4, 0.5) is 5.13 Å². The molecule has 0 unspecified atom stereocenters. The van der Waals surface area contributed by atoms with E-state index >= 15 is 0 Å². The molecule has 1 amide bonds. The first-order chi connectivity index (χ1) is 12.5. The second kappa shape index (κ2) is 7.58. The first-order valence-corrected chi connectivity index (χ1v) is 8.92. The highest BCUT2D eigenvalue weighted by Gasteiger charge is 2.16.